The van der Waals surface area contributed by atoms with Crippen molar-refractivity contribution in [1.29, 1.82) is 0 Å². The zero-order valence-electron chi connectivity index (χ0n) is 7.58. The third-order valence-electron chi connectivity index (χ3n) is 2.20. The molecule has 80 valence electrons. The lowest BCUT2D eigenvalue weighted by Crippen LogP contribution is -2.28. The summed E-state index contributed by atoms with van der Waals surface area (Å²) in [6.45, 7) is 0. The minimum absolute atomic E-state index is 0.0295. The van der Waals surface area contributed by atoms with Gasteiger partial charge in [-0.15, -0.1) is 0 Å². The van der Waals surface area contributed by atoms with E-state index in [1.165, 1.54) is 0 Å². The van der Waals surface area contributed by atoms with E-state index in [-0.39, 0.29) is 5.56 Å². The van der Waals surface area contributed by atoms with Crippen LogP contribution in [0.15, 0.2) is 34.9 Å². The number of furan rings is 1. The van der Waals surface area contributed by atoms with Crippen molar-refractivity contribution in [2.24, 2.45) is 5.73 Å². The standard InChI is InChI=1S/C10H8F3NO/c11-10(12,13)9(14)7-5-15-8-4-2-1-3-6(7)8/h1-5,9H,14H2. The Morgan fingerprint density at radius 2 is 1.87 bits per heavy atom. The van der Waals surface area contributed by atoms with Crippen LogP contribution in [0.25, 0.3) is 11.0 Å². The minimum Gasteiger partial charge on any atom is -0.464 e. The summed E-state index contributed by atoms with van der Waals surface area (Å²) in [4.78, 5) is 0. The number of para-hydroxylation sites is 1. The van der Waals surface area contributed by atoms with Crippen molar-refractivity contribution in [3.8, 4) is 0 Å². The molecule has 2 N–H and O–H groups in total. The zero-order valence-corrected chi connectivity index (χ0v) is 7.58. The summed E-state index contributed by atoms with van der Waals surface area (Å²) in [5.74, 6) is 0. The normalized spacial score (nSPS) is 14.4. The van der Waals surface area contributed by atoms with Crippen molar-refractivity contribution in [3.05, 3.63) is 36.1 Å². The van der Waals surface area contributed by atoms with Crippen LogP contribution in [0.5, 0.6) is 0 Å². The van der Waals surface area contributed by atoms with Gasteiger partial charge in [0.1, 0.15) is 11.6 Å². The monoisotopic (exact) mass is 215 g/mol. The highest BCUT2D eigenvalue weighted by Gasteiger charge is 2.39. The third kappa shape index (κ3) is 1.70. The molecule has 0 saturated heterocycles. The molecule has 1 atom stereocenters. The fourth-order valence-electron chi connectivity index (χ4n) is 1.42. The van der Waals surface area contributed by atoms with Crippen LogP contribution >= 0.6 is 0 Å². The lowest BCUT2D eigenvalue weighted by atomic mass is 10.1. The Bertz CT molecular complexity index is 475. The molecule has 0 amide bonds. The number of hydrogen-bond acceptors (Lipinski definition) is 2. The van der Waals surface area contributed by atoms with Crippen LogP contribution in [0.3, 0.4) is 0 Å². The van der Waals surface area contributed by atoms with Gasteiger partial charge in [-0.1, -0.05) is 18.2 Å². The molecule has 2 rings (SSSR count). The van der Waals surface area contributed by atoms with E-state index in [1.54, 1.807) is 24.3 Å². The Hall–Kier alpha value is -1.49. The van der Waals surface area contributed by atoms with E-state index in [2.05, 4.69) is 0 Å². The Morgan fingerprint density at radius 3 is 2.53 bits per heavy atom. The van der Waals surface area contributed by atoms with E-state index >= 15 is 0 Å². The van der Waals surface area contributed by atoms with E-state index in [4.69, 9.17) is 10.2 Å². The van der Waals surface area contributed by atoms with Gasteiger partial charge in [-0.05, 0) is 6.07 Å². The third-order valence-corrected chi connectivity index (χ3v) is 2.20. The number of rotatable bonds is 1. The highest BCUT2D eigenvalue weighted by atomic mass is 19.4. The van der Waals surface area contributed by atoms with Crippen molar-refractivity contribution in [3.63, 3.8) is 0 Å². The van der Waals surface area contributed by atoms with Gasteiger partial charge in [0.15, 0.2) is 0 Å². The molecule has 0 aliphatic carbocycles. The molecule has 5 heteroatoms. The van der Waals surface area contributed by atoms with Gasteiger partial charge in [0, 0.05) is 10.9 Å². The molecule has 0 radical (unpaired) electrons. The minimum atomic E-state index is -4.45. The topological polar surface area (TPSA) is 39.2 Å². The van der Waals surface area contributed by atoms with Crippen molar-refractivity contribution in [1.82, 2.24) is 0 Å². The van der Waals surface area contributed by atoms with E-state index in [0.717, 1.165) is 6.26 Å². The summed E-state index contributed by atoms with van der Waals surface area (Å²) < 4.78 is 42.1. The number of benzene rings is 1. The van der Waals surface area contributed by atoms with Crippen LogP contribution in [0, 0.1) is 0 Å². The Balaban J connectivity index is 2.53. The van der Waals surface area contributed by atoms with E-state index in [9.17, 15) is 13.2 Å². The maximum atomic E-state index is 12.4. The molecule has 0 aliphatic rings. The molecule has 2 aromatic rings. The first kappa shape index (κ1) is 10.0. The smallest absolute Gasteiger partial charge is 0.407 e. The maximum Gasteiger partial charge on any atom is 0.407 e. The van der Waals surface area contributed by atoms with Crippen LogP contribution in [0.4, 0.5) is 13.2 Å². The van der Waals surface area contributed by atoms with Gasteiger partial charge in [0.25, 0.3) is 0 Å². The summed E-state index contributed by atoms with van der Waals surface area (Å²) in [6, 6.07) is 4.49. The molecule has 2 nitrogen and oxygen atoms in total. The average Bonchev–Trinajstić information content (AvgIpc) is 2.58. The molecule has 1 unspecified atom stereocenters. The number of hydrogen-bond donors (Lipinski definition) is 1. The van der Waals surface area contributed by atoms with Crippen LogP contribution < -0.4 is 5.73 Å². The van der Waals surface area contributed by atoms with Crippen molar-refractivity contribution >= 4 is 11.0 Å². The first-order valence-electron chi connectivity index (χ1n) is 4.28. The zero-order chi connectivity index (χ0) is 11.1. The van der Waals surface area contributed by atoms with Gasteiger partial charge in [-0.3, -0.25) is 0 Å². The van der Waals surface area contributed by atoms with Gasteiger partial charge in [0.2, 0.25) is 0 Å². The van der Waals surface area contributed by atoms with E-state index in [1.807, 2.05) is 0 Å². The first-order chi connectivity index (χ1) is 7.00. The molecule has 0 fully saturated rings. The lowest BCUT2D eigenvalue weighted by Gasteiger charge is -2.13. The molecule has 0 spiro atoms. The SMILES string of the molecule is NC(c1coc2ccccc12)C(F)(F)F. The highest BCUT2D eigenvalue weighted by molar-refractivity contribution is 5.81. The Kier molecular flexibility index (Phi) is 2.19. The lowest BCUT2D eigenvalue weighted by molar-refractivity contribution is -0.149. The van der Waals surface area contributed by atoms with E-state index in [0.29, 0.717) is 11.0 Å². The second-order valence-corrected chi connectivity index (χ2v) is 3.21. The number of alkyl halides is 3. The molecule has 15 heavy (non-hydrogen) atoms. The average molecular weight is 215 g/mol. The van der Waals surface area contributed by atoms with Gasteiger partial charge < -0.3 is 10.2 Å². The van der Waals surface area contributed by atoms with Gasteiger partial charge in [-0.25, -0.2) is 0 Å². The summed E-state index contributed by atoms with van der Waals surface area (Å²) >= 11 is 0. The highest BCUT2D eigenvalue weighted by Crippen LogP contribution is 2.35. The van der Waals surface area contributed by atoms with Crippen LogP contribution in [-0.4, -0.2) is 6.18 Å². The summed E-state index contributed by atoms with van der Waals surface area (Å²) in [7, 11) is 0. The molecular weight excluding hydrogens is 207 g/mol. The summed E-state index contributed by atoms with van der Waals surface area (Å²) in [5, 5.41) is 0.405. The van der Waals surface area contributed by atoms with Crippen molar-refractivity contribution in [2.45, 2.75) is 12.2 Å². The van der Waals surface area contributed by atoms with Crippen LogP contribution in [0.2, 0.25) is 0 Å². The van der Waals surface area contributed by atoms with Gasteiger partial charge in [0.05, 0.1) is 6.26 Å². The number of nitrogens with two attached hydrogens (primary N) is 1. The molecular formula is C10H8F3NO. The second kappa shape index (κ2) is 3.27. The van der Waals surface area contributed by atoms with Gasteiger partial charge in [-0.2, -0.15) is 13.2 Å². The molecule has 0 bridgehead atoms. The Morgan fingerprint density at radius 1 is 1.20 bits per heavy atom. The molecule has 0 saturated carbocycles. The molecule has 0 aliphatic heterocycles. The van der Waals surface area contributed by atoms with Gasteiger partial charge >= 0.3 is 6.18 Å². The largest absolute Gasteiger partial charge is 0.464 e. The fraction of sp³-hybridized carbons (Fsp3) is 0.200. The predicted molar refractivity (Wildman–Crippen MR) is 49.2 cm³/mol. The summed E-state index contributed by atoms with van der Waals surface area (Å²) in [6.07, 6.45) is -3.39. The maximum absolute atomic E-state index is 12.4. The molecule has 1 aromatic heterocycles. The first-order valence-corrected chi connectivity index (χ1v) is 4.28. The number of fused-ring (bicyclic) bond motifs is 1. The summed E-state index contributed by atoms with van der Waals surface area (Å²) in [5.41, 5.74) is 5.48. The second-order valence-electron chi connectivity index (χ2n) is 3.21. The Labute approximate surface area is 83.5 Å². The quantitative estimate of drug-likeness (QED) is 0.794. The van der Waals surface area contributed by atoms with Crippen molar-refractivity contribution in [2.75, 3.05) is 0 Å². The predicted octanol–water partition coefficient (Wildman–Crippen LogP) is 2.99. The molecule has 1 heterocycles. The fourth-order valence-corrected chi connectivity index (χ4v) is 1.42. The molecule has 1 aromatic carbocycles. The van der Waals surface area contributed by atoms with Crippen LogP contribution in [0.1, 0.15) is 11.6 Å². The van der Waals surface area contributed by atoms with Crippen LogP contribution in [-0.2, 0) is 0 Å². The van der Waals surface area contributed by atoms with E-state index < -0.39 is 12.2 Å². The number of halogens is 3. The van der Waals surface area contributed by atoms with Crippen molar-refractivity contribution < 1.29 is 17.6 Å².